The van der Waals surface area contributed by atoms with Gasteiger partial charge in [-0.3, -0.25) is 5.32 Å². The van der Waals surface area contributed by atoms with Crippen LogP contribution in [0.5, 0.6) is 11.5 Å². The van der Waals surface area contributed by atoms with Crippen molar-refractivity contribution < 1.29 is 9.47 Å². The van der Waals surface area contributed by atoms with Crippen LogP contribution in [0.1, 0.15) is 18.0 Å². The Hall–Kier alpha value is -1.41. The maximum atomic E-state index is 6.24. The van der Waals surface area contributed by atoms with E-state index >= 15 is 0 Å². The van der Waals surface area contributed by atoms with Crippen LogP contribution in [0.2, 0.25) is 5.02 Å². The molecule has 1 aromatic rings. The zero-order valence-electron chi connectivity index (χ0n) is 10.6. The van der Waals surface area contributed by atoms with Gasteiger partial charge in [0.05, 0.1) is 24.8 Å². The highest BCUT2D eigenvalue weighted by molar-refractivity contribution is 6.32. The van der Waals surface area contributed by atoms with Crippen LogP contribution in [0.4, 0.5) is 0 Å². The Labute approximate surface area is 118 Å². The van der Waals surface area contributed by atoms with Gasteiger partial charge in [0.25, 0.3) is 0 Å². The van der Waals surface area contributed by atoms with E-state index in [0.717, 1.165) is 12.0 Å². The van der Waals surface area contributed by atoms with Gasteiger partial charge in [-0.1, -0.05) is 17.5 Å². The van der Waals surface area contributed by atoms with Gasteiger partial charge >= 0.3 is 0 Å². The number of nitrogens with two attached hydrogens (primary N) is 1. The molecule has 0 aromatic heterocycles. The van der Waals surface area contributed by atoms with Gasteiger partial charge < -0.3 is 15.2 Å². The maximum absolute atomic E-state index is 6.24. The molecule has 0 amide bonds. The minimum absolute atomic E-state index is 0.0503. The highest BCUT2D eigenvalue weighted by Crippen LogP contribution is 2.39. The molecule has 0 spiro atoms. The minimum atomic E-state index is -0.0503. The summed E-state index contributed by atoms with van der Waals surface area (Å²) in [5.41, 5.74) is 6.71. The Balaban J connectivity index is 2.29. The van der Waals surface area contributed by atoms with E-state index in [2.05, 4.69) is 11.2 Å². The number of halogens is 1. The number of rotatable bonds is 4. The lowest BCUT2D eigenvalue weighted by Gasteiger charge is -2.18. The number of hydrogen-bond donors (Lipinski definition) is 2. The molecule has 1 aromatic carbocycles. The van der Waals surface area contributed by atoms with Gasteiger partial charge in [0.1, 0.15) is 0 Å². The van der Waals surface area contributed by atoms with Crippen LogP contribution in [0, 0.1) is 12.3 Å². The van der Waals surface area contributed by atoms with E-state index in [0.29, 0.717) is 42.8 Å². The fraction of sp³-hybridized carbons (Fsp3) is 0.429. The lowest BCUT2D eigenvalue weighted by molar-refractivity contribution is 0.297. The summed E-state index contributed by atoms with van der Waals surface area (Å²) < 4.78 is 11.2. The molecular formula is C14H17ClN2O2. The first kappa shape index (κ1) is 14.0. The van der Waals surface area contributed by atoms with Gasteiger partial charge in [-0.05, 0) is 17.7 Å². The normalized spacial score (nSPS) is 15.4. The molecule has 1 atom stereocenters. The summed E-state index contributed by atoms with van der Waals surface area (Å²) in [6.45, 7) is 2.12. The number of terminal acetylenes is 1. The molecule has 0 aliphatic carbocycles. The molecule has 0 saturated heterocycles. The molecular weight excluding hydrogens is 264 g/mol. The predicted octanol–water partition coefficient (Wildman–Crippen LogP) is 1.72. The van der Waals surface area contributed by atoms with Crippen LogP contribution in [0.15, 0.2) is 12.1 Å². The molecule has 2 rings (SSSR count). The minimum Gasteiger partial charge on any atom is -0.489 e. The highest BCUT2D eigenvalue weighted by Gasteiger charge is 2.18. The van der Waals surface area contributed by atoms with Crippen LogP contribution in [-0.2, 0) is 0 Å². The number of ether oxygens (including phenoxy) is 2. The van der Waals surface area contributed by atoms with Crippen molar-refractivity contribution in [3.05, 3.63) is 22.7 Å². The SMILES string of the molecule is C#CCNC(CN)c1cc(Cl)c2c(c1)OCCCO2. The summed E-state index contributed by atoms with van der Waals surface area (Å²) in [4.78, 5) is 0. The molecule has 0 radical (unpaired) electrons. The molecule has 1 heterocycles. The Morgan fingerprint density at radius 1 is 1.42 bits per heavy atom. The van der Waals surface area contributed by atoms with Crippen molar-refractivity contribution in [2.75, 3.05) is 26.3 Å². The van der Waals surface area contributed by atoms with Crippen molar-refractivity contribution in [2.45, 2.75) is 12.5 Å². The molecule has 1 aliphatic heterocycles. The number of fused-ring (bicyclic) bond motifs is 1. The quantitative estimate of drug-likeness (QED) is 0.825. The molecule has 0 fully saturated rings. The van der Waals surface area contributed by atoms with Gasteiger partial charge in [0.15, 0.2) is 11.5 Å². The van der Waals surface area contributed by atoms with Gasteiger partial charge in [0.2, 0.25) is 0 Å². The van der Waals surface area contributed by atoms with E-state index in [1.54, 1.807) is 0 Å². The second kappa shape index (κ2) is 6.67. The molecule has 3 N–H and O–H groups in total. The van der Waals surface area contributed by atoms with Gasteiger partial charge in [-0.15, -0.1) is 6.42 Å². The Bertz CT molecular complexity index is 485. The average Bonchev–Trinajstić information content (AvgIpc) is 2.65. The summed E-state index contributed by atoms with van der Waals surface area (Å²) >= 11 is 6.24. The molecule has 1 unspecified atom stereocenters. The molecule has 19 heavy (non-hydrogen) atoms. The van der Waals surface area contributed by atoms with Crippen LogP contribution in [0.25, 0.3) is 0 Å². The van der Waals surface area contributed by atoms with E-state index in [4.69, 9.17) is 33.2 Å². The lowest BCUT2D eigenvalue weighted by Crippen LogP contribution is -2.28. The Kier molecular flexibility index (Phi) is 4.92. The first-order valence-corrected chi connectivity index (χ1v) is 6.60. The first-order chi connectivity index (χ1) is 9.26. The third-order valence-electron chi connectivity index (χ3n) is 2.91. The van der Waals surface area contributed by atoms with Gasteiger partial charge in [-0.25, -0.2) is 0 Å². The fourth-order valence-electron chi connectivity index (χ4n) is 1.97. The lowest BCUT2D eigenvalue weighted by atomic mass is 10.1. The summed E-state index contributed by atoms with van der Waals surface area (Å²) in [5, 5.41) is 3.71. The second-order valence-electron chi connectivity index (χ2n) is 4.25. The molecule has 1 aliphatic rings. The van der Waals surface area contributed by atoms with Crippen molar-refractivity contribution in [1.82, 2.24) is 5.32 Å². The zero-order valence-corrected chi connectivity index (χ0v) is 11.4. The first-order valence-electron chi connectivity index (χ1n) is 6.22. The number of nitrogens with one attached hydrogen (secondary N) is 1. The fourth-order valence-corrected chi connectivity index (χ4v) is 2.24. The topological polar surface area (TPSA) is 56.5 Å². The second-order valence-corrected chi connectivity index (χ2v) is 4.66. The van der Waals surface area contributed by atoms with E-state index in [1.165, 1.54) is 0 Å². The van der Waals surface area contributed by atoms with Crippen LogP contribution in [0.3, 0.4) is 0 Å². The van der Waals surface area contributed by atoms with E-state index in [-0.39, 0.29) is 6.04 Å². The van der Waals surface area contributed by atoms with Crippen molar-refractivity contribution >= 4 is 11.6 Å². The Morgan fingerprint density at radius 2 is 2.21 bits per heavy atom. The smallest absolute Gasteiger partial charge is 0.179 e. The van der Waals surface area contributed by atoms with Crippen molar-refractivity contribution in [2.24, 2.45) is 5.73 Å². The predicted molar refractivity (Wildman–Crippen MR) is 75.7 cm³/mol. The van der Waals surface area contributed by atoms with E-state index < -0.39 is 0 Å². The third-order valence-corrected chi connectivity index (χ3v) is 3.19. The monoisotopic (exact) mass is 280 g/mol. The number of hydrogen-bond acceptors (Lipinski definition) is 4. The largest absolute Gasteiger partial charge is 0.489 e. The Morgan fingerprint density at radius 3 is 2.95 bits per heavy atom. The summed E-state index contributed by atoms with van der Waals surface area (Å²) in [6.07, 6.45) is 6.09. The van der Waals surface area contributed by atoms with Crippen LogP contribution < -0.4 is 20.5 Å². The zero-order chi connectivity index (χ0) is 13.7. The molecule has 0 bridgehead atoms. The van der Waals surface area contributed by atoms with Crippen molar-refractivity contribution in [1.29, 1.82) is 0 Å². The van der Waals surface area contributed by atoms with E-state index in [1.807, 2.05) is 12.1 Å². The van der Waals surface area contributed by atoms with Crippen LogP contribution in [-0.4, -0.2) is 26.3 Å². The van der Waals surface area contributed by atoms with Crippen molar-refractivity contribution in [3.63, 3.8) is 0 Å². The molecule has 102 valence electrons. The van der Waals surface area contributed by atoms with Gasteiger partial charge in [0, 0.05) is 19.0 Å². The van der Waals surface area contributed by atoms with Crippen LogP contribution >= 0.6 is 11.6 Å². The summed E-state index contributed by atoms with van der Waals surface area (Å²) in [5.74, 6) is 3.81. The maximum Gasteiger partial charge on any atom is 0.179 e. The van der Waals surface area contributed by atoms with E-state index in [9.17, 15) is 0 Å². The highest BCUT2D eigenvalue weighted by atomic mass is 35.5. The number of benzene rings is 1. The third kappa shape index (κ3) is 3.32. The molecule has 4 nitrogen and oxygen atoms in total. The van der Waals surface area contributed by atoms with Crippen molar-refractivity contribution in [3.8, 4) is 23.8 Å². The van der Waals surface area contributed by atoms with Gasteiger partial charge in [-0.2, -0.15) is 0 Å². The molecule has 5 heteroatoms. The standard InChI is InChI=1S/C14H17ClN2O2/c1-2-4-17-12(9-16)10-7-11(15)14-13(8-10)18-5-3-6-19-14/h1,7-8,12,17H,3-6,9,16H2. The average molecular weight is 281 g/mol. The molecule has 0 saturated carbocycles. The summed E-state index contributed by atoms with van der Waals surface area (Å²) in [6, 6.07) is 3.70. The summed E-state index contributed by atoms with van der Waals surface area (Å²) in [7, 11) is 0.